The fourth-order valence-corrected chi connectivity index (χ4v) is 6.53. The average molecular weight is 618 g/mol. The predicted octanol–water partition coefficient (Wildman–Crippen LogP) is 5.83. The van der Waals surface area contributed by atoms with Crippen molar-refractivity contribution in [2.24, 2.45) is 0 Å². The number of anilines is 1. The van der Waals surface area contributed by atoms with Gasteiger partial charge in [-0.1, -0.05) is 35.3 Å². The second-order valence-electron chi connectivity index (χ2n) is 10.3. The average Bonchev–Trinajstić information content (AvgIpc) is 3.50. The Morgan fingerprint density at radius 3 is 2.15 bits per heavy atom. The van der Waals surface area contributed by atoms with E-state index in [4.69, 9.17) is 27.9 Å². The molecule has 41 heavy (non-hydrogen) atoms. The minimum Gasteiger partial charge on any atom is -0.455 e. The van der Waals surface area contributed by atoms with E-state index in [9.17, 15) is 13.2 Å². The van der Waals surface area contributed by atoms with E-state index in [0.29, 0.717) is 40.2 Å². The number of hydrogen-bond acceptors (Lipinski definition) is 6. The van der Waals surface area contributed by atoms with Crippen LogP contribution >= 0.6 is 23.2 Å². The molecule has 3 aromatic carbocycles. The minimum absolute atomic E-state index is 0.0428. The second-order valence-corrected chi connectivity index (χ2v) is 12.8. The summed E-state index contributed by atoms with van der Waals surface area (Å²) in [4.78, 5) is 19.9. The van der Waals surface area contributed by atoms with Gasteiger partial charge in [-0.2, -0.15) is 0 Å². The molecule has 218 valence electrons. The number of hydrogen-bond donors (Lipinski definition) is 1. The predicted molar refractivity (Wildman–Crippen MR) is 163 cm³/mol. The first-order valence-electron chi connectivity index (χ1n) is 13.9. The maximum absolute atomic E-state index is 13.2. The number of benzene rings is 3. The van der Waals surface area contributed by atoms with Crippen molar-refractivity contribution in [1.29, 1.82) is 0 Å². The maximum atomic E-state index is 13.2. The number of carbonyl (C=O) groups is 1. The van der Waals surface area contributed by atoms with Crippen LogP contribution in [0.15, 0.2) is 71.6 Å². The van der Waals surface area contributed by atoms with Gasteiger partial charge in [0.15, 0.2) is 5.75 Å². The summed E-state index contributed by atoms with van der Waals surface area (Å²) in [6.45, 7) is 7.69. The van der Waals surface area contributed by atoms with Gasteiger partial charge in [0.2, 0.25) is 0 Å². The Bertz CT molecular complexity index is 1460. The van der Waals surface area contributed by atoms with E-state index < -0.39 is 10.0 Å². The number of piperazine rings is 1. The Morgan fingerprint density at radius 2 is 1.46 bits per heavy atom. The monoisotopic (exact) mass is 616 g/mol. The van der Waals surface area contributed by atoms with Crippen LogP contribution in [0.4, 0.5) is 5.69 Å². The van der Waals surface area contributed by atoms with Crippen molar-refractivity contribution in [3.63, 3.8) is 0 Å². The Morgan fingerprint density at radius 1 is 0.805 bits per heavy atom. The lowest BCUT2D eigenvalue weighted by molar-refractivity contribution is 0.0632. The van der Waals surface area contributed by atoms with Crippen molar-refractivity contribution >= 4 is 44.8 Å². The summed E-state index contributed by atoms with van der Waals surface area (Å²) in [7, 11) is -3.94. The lowest BCUT2D eigenvalue weighted by atomic mass is 10.2. The first kappa shape index (κ1) is 29.7. The van der Waals surface area contributed by atoms with Crippen LogP contribution < -0.4 is 9.46 Å². The van der Waals surface area contributed by atoms with Crippen molar-refractivity contribution in [3.05, 3.63) is 82.3 Å². The minimum atomic E-state index is -3.94. The molecule has 0 bridgehead atoms. The molecule has 0 radical (unpaired) electrons. The van der Waals surface area contributed by atoms with Gasteiger partial charge in [-0.15, -0.1) is 0 Å². The molecule has 0 unspecified atom stereocenters. The maximum Gasteiger partial charge on any atom is 0.262 e. The third-order valence-electron chi connectivity index (χ3n) is 7.47. The van der Waals surface area contributed by atoms with Crippen LogP contribution in [-0.4, -0.2) is 81.4 Å². The number of nitrogens with zero attached hydrogens (tertiary/aromatic N) is 3. The summed E-state index contributed by atoms with van der Waals surface area (Å²) in [5.74, 6) is 0.632. The Kier molecular flexibility index (Phi) is 9.72. The molecule has 5 rings (SSSR count). The number of halogens is 2. The SMILES string of the molecule is O=C(c1ccc(S(=O)(=O)Nc2ccccc2Oc2ccc(Cl)c(Cl)c2)cc1)N1CCN(CCCN2CCCC2)CC1. The van der Waals surface area contributed by atoms with Gasteiger partial charge in [0.25, 0.3) is 15.9 Å². The van der Waals surface area contributed by atoms with Gasteiger partial charge in [-0.05, 0) is 94.0 Å². The highest BCUT2D eigenvalue weighted by Gasteiger charge is 2.23. The van der Waals surface area contributed by atoms with Gasteiger partial charge in [0.05, 0.1) is 20.6 Å². The molecule has 2 aliphatic heterocycles. The van der Waals surface area contributed by atoms with Crippen molar-refractivity contribution in [1.82, 2.24) is 14.7 Å². The molecule has 8 nitrogen and oxygen atoms in total. The topological polar surface area (TPSA) is 82.2 Å². The van der Waals surface area contributed by atoms with Crippen molar-refractivity contribution in [3.8, 4) is 11.5 Å². The number of para-hydroxylation sites is 2. The summed E-state index contributed by atoms with van der Waals surface area (Å²) in [6, 6.07) is 17.5. The van der Waals surface area contributed by atoms with Gasteiger partial charge >= 0.3 is 0 Å². The smallest absolute Gasteiger partial charge is 0.262 e. The highest BCUT2D eigenvalue weighted by molar-refractivity contribution is 7.92. The molecule has 1 amide bonds. The molecule has 11 heteroatoms. The zero-order valence-electron chi connectivity index (χ0n) is 22.8. The molecule has 0 aliphatic carbocycles. The summed E-state index contributed by atoms with van der Waals surface area (Å²) < 4.78 is 34.8. The van der Waals surface area contributed by atoms with E-state index in [-0.39, 0.29) is 16.5 Å². The fourth-order valence-electron chi connectivity index (χ4n) is 5.17. The molecule has 0 aromatic heterocycles. The molecule has 2 saturated heterocycles. The van der Waals surface area contributed by atoms with Crippen LogP contribution in [0.3, 0.4) is 0 Å². The third kappa shape index (κ3) is 7.72. The molecular weight excluding hydrogens is 583 g/mol. The van der Waals surface area contributed by atoms with E-state index in [1.54, 1.807) is 54.6 Å². The summed E-state index contributed by atoms with van der Waals surface area (Å²) in [6.07, 6.45) is 3.78. The number of amides is 1. The standard InChI is InChI=1S/C30H34Cl2N4O4S/c31-26-13-10-24(22-27(26)32)40-29-7-2-1-6-28(29)33-41(38,39)25-11-8-23(9-12-25)30(37)36-20-18-35(19-21-36)17-5-16-34-14-3-4-15-34/h1-2,6-13,22,33H,3-5,14-21H2. The zero-order chi connectivity index (χ0) is 28.8. The van der Waals surface area contributed by atoms with Gasteiger partial charge in [0.1, 0.15) is 5.75 Å². The molecule has 0 spiro atoms. The molecule has 2 aliphatic rings. The number of nitrogens with one attached hydrogen (secondary N) is 1. The molecule has 3 aromatic rings. The molecule has 1 N–H and O–H groups in total. The second kappa shape index (κ2) is 13.4. The van der Waals surface area contributed by atoms with E-state index >= 15 is 0 Å². The molecule has 2 heterocycles. The Labute approximate surface area is 251 Å². The number of rotatable bonds is 10. The lowest BCUT2D eigenvalue weighted by Crippen LogP contribution is -2.49. The van der Waals surface area contributed by atoms with E-state index in [1.807, 2.05) is 4.90 Å². The Hall–Kier alpha value is -2.82. The number of carbonyl (C=O) groups excluding carboxylic acids is 1. The summed E-state index contributed by atoms with van der Waals surface area (Å²) in [5.41, 5.74) is 0.729. The van der Waals surface area contributed by atoms with Crippen LogP contribution in [0, 0.1) is 0 Å². The van der Waals surface area contributed by atoms with Gasteiger partial charge < -0.3 is 14.5 Å². The quantitative estimate of drug-likeness (QED) is 0.309. The number of ether oxygens (including phenoxy) is 1. The molecule has 0 atom stereocenters. The van der Waals surface area contributed by atoms with Crippen LogP contribution in [-0.2, 0) is 10.0 Å². The van der Waals surface area contributed by atoms with Crippen LogP contribution in [0.25, 0.3) is 0 Å². The van der Waals surface area contributed by atoms with E-state index in [0.717, 1.165) is 32.6 Å². The number of likely N-dealkylation sites (tertiary alicyclic amines) is 1. The van der Waals surface area contributed by atoms with Crippen molar-refractivity contribution in [2.75, 3.05) is 57.1 Å². The third-order valence-corrected chi connectivity index (χ3v) is 9.59. The van der Waals surface area contributed by atoms with Crippen molar-refractivity contribution in [2.45, 2.75) is 24.2 Å². The molecule has 2 fully saturated rings. The molecular formula is C30H34Cl2N4O4S. The number of sulfonamides is 1. The van der Waals surface area contributed by atoms with E-state index in [1.165, 1.54) is 38.1 Å². The van der Waals surface area contributed by atoms with Gasteiger partial charge in [0, 0.05) is 37.8 Å². The van der Waals surface area contributed by atoms with E-state index in [2.05, 4.69) is 14.5 Å². The Balaban J connectivity index is 1.16. The van der Waals surface area contributed by atoms with Gasteiger partial charge in [-0.3, -0.25) is 14.4 Å². The highest BCUT2D eigenvalue weighted by atomic mass is 35.5. The fraction of sp³-hybridized carbons (Fsp3) is 0.367. The van der Waals surface area contributed by atoms with Crippen LogP contribution in [0.1, 0.15) is 29.6 Å². The van der Waals surface area contributed by atoms with Crippen LogP contribution in [0.5, 0.6) is 11.5 Å². The summed E-state index contributed by atoms with van der Waals surface area (Å²) in [5, 5.41) is 0.715. The van der Waals surface area contributed by atoms with Gasteiger partial charge in [-0.25, -0.2) is 8.42 Å². The molecule has 0 saturated carbocycles. The van der Waals surface area contributed by atoms with Crippen LogP contribution in [0.2, 0.25) is 10.0 Å². The first-order valence-corrected chi connectivity index (χ1v) is 16.1. The normalized spacial score (nSPS) is 16.6. The zero-order valence-corrected chi connectivity index (χ0v) is 25.1. The van der Waals surface area contributed by atoms with Crippen molar-refractivity contribution < 1.29 is 17.9 Å². The summed E-state index contributed by atoms with van der Waals surface area (Å²) >= 11 is 12.1. The first-order chi connectivity index (χ1) is 19.8. The lowest BCUT2D eigenvalue weighted by Gasteiger charge is -2.35. The highest BCUT2D eigenvalue weighted by Crippen LogP contribution is 2.34. The largest absolute Gasteiger partial charge is 0.455 e.